The van der Waals surface area contributed by atoms with Crippen molar-refractivity contribution in [2.75, 3.05) is 13.6 Å². The zero-order chi connectivity index (χ0) is 18.9. The molecule has 2 rings (SSSR count). The Morgan fingerprint density at radius 1 is 1.22 bits per heavy atom. The highest BCUT2D eigenvalue weighted by Crippen LogP contribution is 2.16. The molecule has 0 fully saturated rings. The summed E-state index contributed by atoms with van der Waals surface area (Å²) in [5, 5.41) is 9.56. The fourth-order valence-electron chi connectivity index (χ4n) is 2.65. The highest BCUT2D eigenvalue weighted by molar-refractivity contribution is 14.0. The average Bonchev–Trinajstić information content (AvgIpc) is 3.03. The summed E-state index contributed by atoms with van der Waals surface area (Å²) in [4.78, 5) is 18.9. The lowest BCUT2D eigenvalue weighted by molar-refractivity contribution is 0.0955. The van der Waals surface area contributed by atoms with Gasteiger partial charge in [-0.1, -0.05) is 12.1 Å². The van der Waals surface area contributed by atoms with Gasteiger partial charge in [-0.15, -0.1) is 35.3 Å². The first-order valence-corrected chi connectivity index (χ1v) is 9.73. The Hall–Kier alpha value is -1.61. The number of aliphatic imine (C=N–C) groups is 1. The molecule has 1 unspecified atom stereocenters. The van der Waals surface area contributed by atoms with Crippen LogP contribution in [0.15, 0.2) is 41.4 Å². The van der Waals surface area contributed by atoms with Crippen molar-refractivity contribution in [2.45, 2.75) is 39.8 Å². The first-order chi connectivity index (χ1) is 12.5. The minimum atomic E-state index is -0.0447. The Kier molecular flexibility index (Phi) is 10.4. The lowest BCUT2D eigenvalue weighted by Gasteiger charge is -2.17. The second-order valence-electron chi connectivity index (χ2n) is 6.25. The van der Waals surface area contributed by atoms with Crippen LogP contribution in [0.2, 0.25) is 0 Å². The van der Waals surface area contributed by atoms with Gasteiger partial charge in [0.15, 0.2) is 5.96 Å². The number of hydrogen-bond donors (Lipinski definition) is 3. The Labute approximate surface area is 183 Å². The number of halogens is 1. The highest BCUT2D eigenvalue weighted by atomic mass is 127. The molecule has 0 aliphatic rings. The predicted molar refractivity (Wildman–Crippen MR) is 125 cm³/mol. The van der Waals surface area contributed by atoms with Crippen LogP contribution < -0.4 is 16.0 Å². The van der Waals surface area contributed by atoms with E-state index in [2.05, 4.69) is 46.9 Å². The van der Waals surface area contributed by atoms with Crippen molar-refractivity contribution < 1.29 is 4.79 Å². The van der Waals surface area contributed by atoms with Crippen molar-refractivity contribution in [3.05, 3.63) is 57.3 Å². The van der Waals surface area contributed by atoms with E-state index in [9.17, 15) is 4.79 Å². The van der Waals surface area contributed by atoms with Crippen LogP contribution in [0.3, 0.4) is 0 Å². The third-order valence-electron chi connectivity index (χ3n) is 3.90. The fraction of sp³-hybridized carbons (Fsp3) is 0.400. The third-order valence-corrected chi connectivity index (χ3v) is 4.92. The molecule has 5 nitrogen and oxygen atoms in total. The summed E-state index contributed by atoms with van der Waals surface area (Å²) in [6.07, 6.45) is 0.964. The minimum absolute atomic E-state index is 0. The van der Waals surface area contributed by atoms with Crippen LogP contribution in [-0.4, -0.2) is 31.5 Å². The molecule has 7 heteroatoms. The topological polar surface area (TPSA) is 65.5 Å². The largest absolute Gasteiger partial charge is 0.354 e. The average molecular weight is 500 g/mol. The molecule has 1 atom stereocenters. The number of carbonyl (C=O) groups is 1. The van der Waals surface area contributed by atoms with Crippen molar-refractivity contribution in [3.63, 3.8) is 0 Å². The van der Waals surface area contributed by atoms with Gasteiger partial charge >= 0.3 is 0 Å². The van der Waals surface area contributed by atoms with Gasteiger partial charge in [-0.3, -0.25) is 9.79 Å². The van der Waals surface area contributed by atoms with E-state index in [0.29, 0.717) is 18.7 Å². The number of aryl methyl sites for hydroxylation is 1. The maximum atomic E-state index is 11.9. The van der Waals surface area contributed by atoms with E-state index < -0.39 is 0 Å². The number of benzene rings is 1. The van der Waals surface area contributed by atoms with Crippen molar-refractivity contribution in [1.82, 2.24) is 16.0 Å². The van der Waals surface area contributed by atoms with Crippen molar-refractivity contribution in [2.24, 2.45) is 4.99 Å². The van der Waals surface area contributed by atoms with Gasteiger partial charge in [-0.05, 0) is 50.6 Å². The maximum absolute atomic E-state index is 11.9. The number of carbonyl (C=O) groups excluding carboxylic acids is 1. The van der Waals surface area contributed by atoms with Crippen LogP contribution in [0.25, 0.3) is 0 Å². The van der Waals surface area contributed by atoms with Gasteiger partial charge in [0.1, 0.15) is 0 Å². The Morgan fingerprint density at radius 2 is 2.00 bits per heavy atom. The SMILES string of the molecule is CCNC(=O)c1cccc(CNC(=NC)NC(C)Cc2ccc(C)s2)c1.I. The van der Waals surface area contributed by atoms with E-state index in [4.69, 9.17) is 0 Å². The van der Waals surface area contributed by atoms with Crippen molar-refractivity contribution in [3.8, 4) is 0 Å². The lowest BCUT2D eigenvalue weighted by atomic mass is 10.1. The molecule has 3 N–H and O–H groups in total. The molecule has 0 aliphatic carbocycles. The molecular weight excluding hydrogens is 471 g/mol. The first-order valence-electron chi connectivity index (χ1n) is 8.91. The molecule has 0 saturated carbocycles. The van der Waals surface area contributed by atoms with E-state index >= 15 is 0 Å². The van der Waals surface area contributed by atoms with Gasteiger partial charge in [0.05, 0.1) is 0 Å². The summed E-state index contributed by atoms with van der Waals surface area (Å²) in [6, 6.07) is 12.2. The molecule has 148 valence electrons. The summed E-state index contributed by atoms with van der Waals surface area (Å²) in [5.41, 5.74) is 1.72. The second kappa shape index (κ2) is 12.0. The molecule has 0 spiro atoms. The van der Waals surface area contributed by atoms with E-state index in [1.807, 2.05) is 42.5 Å². The van der Waals surface area contributed by atoms with Crippen molar-refractivity contribution >= 4 is 47.2 Å². The molecule has 1 aromatic heterocycles. The second-order valence-corrected chi connectivity index (χ2v) is 7.62. The van der Waals surface area contributed by atoms with E-state index in [-0.39, 0.29) is 35.9 Å². The molecule has 1 amide bonds. The Bertz CT molecular complexity index is 760. The number of hydrogen-bond acceptors (Lipinski definition) is 3. The van der Waals surface area contributed by atoms with Gasteiger partial charge < -0.3 is 16.0 Å². The molecule has 0 bridgehead atoms. The smallest absolute Gasteiger partial charge is 0.251 e. The molecule has 0 saturated heterocycles. The van der Waals surface area contributed by atoms with Crippen molar-refractivity contribution in [1.29, 1.82) is 0 Å². The molecule has 2 aromatic rings. The van der Waals surface area contributed by atoms with Gasteiger partial charge in [0.25, 0.3) is 5.91 Å². The van der Waals surface area contributed by atoms with Crippen LogP contribution in [0.1, 0.15) is 39.5 Å². The summed E-state index contributed by atoms with van der Waals surface area (Å²) < 4.78 is 0. The van der Waals surface area contributed by atoms with Gasteiger partial charge in [0.2, 0.25) is 0 Å². The summed E-state index contributed by atoms with van der Waals surface area (Å²) in [5.74, 6) is 0.714. The van der Waals surface area contributed by atoms with Crippen LogP contribution in [0.4, 0.5) is 0 Å². The van der Waals surface area contributed by atoms with E-state index in [0.717, 1.165) is 17.9 Å². The molecule has 1 aromatic carbocycles. The normalized spacial score (nSPS) is 12.1. The molecule has 0 aliphatic heterocycles. The number of nitrogens with zero attached hydrogens (tertiary/aromatic N) is 1. The maximum Gasteiger partial charge on any atom is 0.251 e. The summed E-state index contributed by atoms with van der Waals surface area (Å²) in [7, 11) is 1.77. The number of amides is 1. The van der Waals surface area contributed by atoms with Crippen LogP contribution >= 0.6 is 35.3 Å². The monoisotopic (exact) mass is 500 g/mol. The first kappa shape index (κ1) is 23.4. The van der Waals surface area contributed by atoms with E-state index in [1.165, 1.54) is 9.75 Å². The number of nitrogens with one attached hydrogen (secondary N) is 3. The Balaban J connectivity index is 0.00000364. The quantitative estimate of drug-likeness (QED) is 0.309. The summed E-state index contributed by atoms with van der Waals surface area (Å²) >= 11 is 1.83. The molecule has 0 radical (unpaired) electrons. The molecule has 27 heavy (non-hydrogen) atoms. The number of rotatable bonds is 7. The standard InChI is InChI=1S/C20H28N4OS.HI/c1-5-22-19(25)17-8-6-7-16(12-17)13-23-20(21-4)24-14(2)11-18-10-9-15(3)26-18;/h6-10,12,14H,5,11,13H2,1-4H3,(H,22,25)(H2,21,23,24);1H. The van der Waals surface area contributed by atoms with Gasteiger partial charge in [-0.2, -0.15) is 0 Å². The van der Waals surface area contributed by atoms with Gasteiger partial charge in [0, 0.05) is 47.9 Å². The molecular formula is C20H29IN4OS. The minimum Gasteiger partial charge on any atom is -0.354 e. The third kappa shape index (κ3) is 7.88. The highest BCUT2D eigenvalue weighted by Gasteiger charge is 2.09. The Morgan fingerprint density at radius 3 is 2.63 bits per heavy atom. The van der Waals surface area contributed by atoms with Crippen LogP contribution in [0.5, 0.6) is 0 Å². The fourth-order valence-corrected chi connectivity index (χ4v) is 3.67. The zero-order valence-corrected chi connectivity index (χ0v) is 19.5. The van der Waals surface area contributed by atoms with Gasteiger partial charge in [-0.25, -0.2) is 0 Å². The number of guanidine groups is 1. The summed E-state index contributed by atoms with van der Waals surface area (Å²) in [6.45, 7) is 7.42. The zero-order valence-electron chi connectivity index (χ0n) is 16.3. The molecule has 1 heterocycles. The lowest BCUT2D eigenvalue weighted by Crippen LogP contribution is -2.42. The van der Waals surface area contributed by atoms with E-state index in [1.54, 1.807) is 7.05 Å². The van der Waals surface area contributed by atoms with Crippen LogP contribution in [-0.2, 0) is 13.0 Å². The number of thiophene rings is 1. The predicted octanol–water partition coefficient (Wildman–Crippen LogP) is 3.72. The van der Waals surface area contributed by atoms with Crippen LogP contribution in [0, 0.1) is 6.92 Å².